The van der Waals surface area contributed by atoms with Gasteiger partial charge in [-0.05, 0) is 25.1 Å². The van der Waals surface area contributed by atoms with E-state index in [1.165, 1.54) is 6.07 Å². The van der Waals surface area contributed by atoms with E-state index in [1.54, 1.807) is 0 Å². The second-order valence-corrected chi connectivity index (χ2v) is 3.88. The quantitative estimate of drug-likeness (QED) is 0.824. The number of hydrogen-bond donors (Lipinski definition) is 1. The first-order valence-electron chi connectivity index (χ1n) is 3.96. The van der Waals surface area contributed by atoms with Gasteiger partial charge in [0.2, 0.25) is 0 Å². The van der Waals surface area contributed by atoms with Gasteiger partial charge in [-0.15, -0.1) is 12.4 Å². The molecule has 1 heterocycles. The van der Waals surface area contributed by atoms with Gasteiger partial charge in [0.1, 0.15) is 5.82 Å². The first-order valence-corrected chi connectivity index (χ1v) is 4.75. The molecule has 1 nitrogen and oxygen atoms in total. The minimum Gasteiger partial charge on any atom is -0.310 e. The Morgan fingerprint density at radius 3 is 2.62 bits per heavy atom. The Labute approximate surface area is 91.3 Å². The predicted octanol–water partition coefficient (Wildman–Crippen LogP) is 3.04. The van der Waals surface area contributed by atoms with Gasteiger partial charge in [0.15, 0.2) is 0 Å². The molecule has 1 aromatic carbocycles. The van der Waals surface area contributed by atoms with E-state index in [4.69, 9.17) is 0 Å². The Kier molecular flexibility index (Phi) is 3.71. The Balaban J connectivity index is 0.000000845. The van der Waals surface area contributed by atoms with Crippen LogP contribution in [-0.4, -0.2) is 6.54 Å². The van der Waals surface area contributed by atoms with Gasteiger partial charge in [-0.3, -0.25) is 0 Å². The van der Waals surface area contributed by atoms with Crippen molar-refractivity contribution in [3.8, 4) is 0 Å². The molecule has 0 unspecified atom stereocenters. The first kappa shape index (κ1) is 11.0. The predicted molar refractivity (Wildman–Crippen MR) is 56.7 cm³/mol. The summed E-state index contributed by atoms with van der Waals surface area (Å²) in [6.45, 7) is 1.00. The van der Waals surface area contributed by atoms with Crippen LogP contribution >= 0.6 is 28.3 Å². The molecular formula is C9H10BrClFN. The lowest BCUT2D eigenvalue weighted by Crippen LogP contribution is -2.35. The summed E-state index contributed by atoms with van der Waals surface area (Å²) in [6.07, 6.45) is 1.04. The van der Waals surface area contributed by atoms with Gasteiger partial charge in [-0.25, -0.2) is 4.39 Å². The Bertz CT molecular complexity index is 302. The van der Waals surface area contributed by atoms with Gasteiger partial charge in [0.25, 0.3) is 0 Å². The molecule has 13 heavy (non-hydrogen) atoms. The monoisotopic (exact) mass is 265 g/mol. The molecule has 1 aliphatic heterocycles. The van der Waals surface area contributed by atoms with Crippen LogP contribution in [0, 0.1) is 5.82 Å². The molecule has 1 saturated heterocycles. The van der Waals surface area contributed by atoms with Crippen molar-refractivity contribution in [2.45, 2.75) is 12.5 Å². The van der Waals surface area contributed by atoms with Crippen LogP contribution in [0.3, 0.4) is 0 Å². The summed E-state index contributed by atoms with van der Waals surface area (Å²) in [4.78, 5) is 0. The second-order valence-electron chi connectivity index (χ2n) is 2.96. The van der Waals surface area contributed by atoms with Crippen LogP contribution in [0.4, 0.5) is 4.39 Å². The van der Waals surface area contributed by atoms with Crippen molar-refractivity contribution in [1.29, 1.82) is 0 Å². The molecule has 0 amide bonds. The number of hydrogen-bond acceptors (Lipinski definition) is 1. The van der Waals surface area contributed by atoms with E-state index in [-0.39, 0.29) is 24.3 Å². The summed E-state index contributed by atoms with van der Waals surface area (Å²) in [5, 5.41) is 3.17. The second kappa shape index (κ2) is 4.40. The van der Waals surface area contributed by atoms with Gasteiger partial charge in [-0.1, -0.05) is 22.0 Å². The molecule has 2 rings (SSSR count). The molecule has 1 aromatic rings. The van der Waals surface area contributed by atoms with E-state index in [0.717, 1.165) is 23.0 Å². The van der Waals surface area contributed by atoms with Gasteiger partial charge in [0.05, 0.1) is 0 Å². The van der Waals surface area contributed by atoms with Crippen LogP contribution in [0.25, 0.3) is 0 Å². The zero-order chi connectivity index (χ0) is 8.55. The zero-order valence-electron chi connectivity index (χ0n) is 6.89. The zero-order valence-corrected chi connectivity index (χ0v) is 9.29. The van der Waals surface area contributed by atoms with E-state index in [1.807, 2.05) is 12.1 Å². The maximum Gasteiger partial charge on any atom is 0.129 e. The van der Waals surface area contributed by atoms with Gasteiger partial charge < -0.3 is 5.32 Å². The van der Waals surface area contributed by atoms with E-state index < -0.39 is 0 Å². The lowest BCUT2D eigenvalue weighted by molar-refractivity contribution is 0.370. The van der Waals surface area contributed by atoms with Crippen LogP contribution in [0.2, 0.25) is 0 Å². The summed E-state index contributed by atoms with van der Waals surface area (Å²) in [5.41, 5.74) is 0.782. The van der Waals surface area contributed by atoms with Crippen LogP contribution in [0.15, 0.2) is 22.7 Å². The molecule has 1 fully saturated rings. The largest absolute Gasteiger partial charge is 0.310 e. The van der Waals surface area contributed by atoms with Crippen molar-refractivity contribution in [2.75, 3.05) is 6.54 Å². The number of benzene rings is 1. The molecular weight excluding hydrogens is 256 g/mol. The van der Waals surface area contributed by atoms with Crippen LogP contribution in [0.5, 0.6) is 0 Å². The molecule has 0 aliphatic carbocycles. The van der Waals surface area contributed by atoms with E-state index in [2.05, 4.69) is 21.2 Å². The van der Waals surface area contributed by atoms with Crippen LogP contribution < -0.4 is 5.32 Å². The van der Waals surface area contributed by atoms with Crippen molar-refractivity contribution < 1.29 is 4.39 Å². The first-order chi connectivity index (χ1) is 5.77. The van der Waals surface area contributed by atoms with E-state index in [0.29, 0.717) is 0 Å². The highest BCUT2D eigenvalue weighted by molar-refractivity contribution is 9.10. The third-order valence-corrected chi connectivity index (χ3v) is 2.65. The molecule has 72 valence electrons. The van der Waals surface area contributed by atoms with Crippen LogP contribution in [0.1, 0.15) is 18.0 Å². The molecule has 0 spiro atoms. The van der Waals surface area contributed by atoms with Crippen molar-refractivity contribution in [2.24, 2.45) is 0 Å². The Morgan fingerprint density at radius 1 is 1.46 bits per heavy atom. The van der Waals surface area contributed by atoms with Crippen molar-refractivity contribution in [3.05, 3.63) is 34.1 Å². The third-order valence-electron chi connectivity index (χ3n) is 2.16. The van der Waals surface area contributed by atoms with Gasteiger partial charge in [-0.2, -0.15) is 0 Å². The van der Waals surface area contributed by atoms with Crippen molar-refractivity contribution in [1.82, 2.24) is 5.32 Å². The minimum absolute atomic E-state index is 0. The Hall–Kier alpha value is -0.120. The maximum atomic E-state index is 13.3. The summed E-state index contributed by atoms with van der Waals surface area (Å²) in [7, 11) is 0. The van der Waals surface area contributed by atoms with Gasteiger partial charge in [0, 0.05) is 16.1 Å². The fraction of sp³-hybridized carbons (Fsp3) is 0.333. The molecule has 0 aromatic heterocycles. The fourth-order valence-corrected chi connectivity index (χ4v) is 1.67. The van der Waals surface area contributed by atoms with Crippen molar-refractivity contribution in [3.63, 3.8) is 0 Å². The lowest BCUT2D eigenvalue weighted by atomic mass is 9.98. The minimum atomic E-state index is -0.124. The molecule has 4 heteroatoms. The smallest absolute Gasteiger partial charge is 0.129 e. The number of halogens is 3. The van der Waals surface area contributed by atoms with E-state index >= 15 is 0 Å². The highest BCUT2D eigenvalue weighted by atomic mass is 79.9. The maximum absolute atomic E-state index is 13.3. The lowest BCUT2D eigenvalue weighted by Gasteiger charge is -2.28. The molecule has 1 atom stereocenters. The molecule has 1 N–H and O–H groups in total. The third kappa shape index (κ3) is 2.22. The van der Waals surface area contributed by atoms with Gasteiger partial charge >= 0.3 is 0 Å². The topological polar surface area (TPSA) is 12.0 Å². The molecule has 0 bridgehead atoms. The molecule has 1 aliphatic rings. The van der Waals surface area contributed by atoms with Crippen LogP contribution in [-0.2, 0) is 0 Å². The molecule has 0 saturated carbocycles. The highest BCUT2D eigenvalue weighted by Crippen LogP contribution is 2.26. The average molecular weight is 267 g/mol. The summed E-state index contributed by atoms with van der Waals surface area (Å²) in [6, 6.07) is 5.45. The summed E-state index contributed by atoms with van der Waals surface area (Å²) >= 11 is 3.22. The van der Waals surface area contributed by atoms with Crippen molar-refractivity contribution >= 4 is 28.3 Å². The summed E-state index contributed by atoms with van der Waals surface area (Å²) < 4.78 is 14.0. The normalized spacial score (nSPS) is 20.3. The highest BCUT2D eigenvalue weighted by Gasteiger charge is 2.21. The average Bonchev–Trinajstić information content (AvgIpc) is 1.91. The van der Waals surface area contributed by atoms with E-state index in [9.17, 15) is 4.39 Å². The fourth-order valence-electron chi connectivity index (χ4n) is 1.34. The standard InChI is InChI=1S/C9H9BrFN.ClH/c10-6-1-2-7(8(11)5-6)9-3-4-12-9;/h1-2,5,9,12H,3-4H2;1H/t9-;/m0./s1. The molecule has 0 radical (unpaired) electrons. The SMILES string of the molecule is Cl.Fc1cc(Br)ccc1[C@@H]1CCN1. The number of rotatable bonds is 1. The Morgan fingerprint density at radius 2 is 2.15 bits per heavy atom. The number of nitrogens with one attached hydrogen (secondary N) is 1. The summed E-state index contributed by atoms with van der Waals surface area (Å²) in [5.74, 6) is -0.124.